The summed E-state index contributed by atoms with van der Waals surface area (Å²) < 4.78 is 2.08. The van der Waals surface area contributed by atoms with Crippen molar-refractivity contribution in [1.29, 1.82) is 0 Å². The first-order valence-electron chi connectivity index (χ1n) is 9.99. The number of thioether (sulfide) groups is 1. The molecule has 1 saturated carbocycles. The molecule has 1 aromatic heterocycles. The lowest BCUT2D eigenvalue weighted by Gasteiger charge is -2.15. The van der Waals surface area contributed by atoms with Crippen molar-refractivity contribution in [3.8, 4) is 0 Å². The first-order valence-corrected chi connectivity index (χ1v) is 11.7. The highest BCUT2D eigenvalue weighted by molar-refractivity contribution is 8.00. The molecule has 1 unspecified atom stereocenters. The molecular weight excluding hydrogens is 412 g/mol. The van der Waals surface area contributed by atoms with E-state index < -0.39 is 0 Å². The number of hydrogen-bond acceptors (Lipinski definition) is 5. The number of hydrogen-bond donors (Lipinski definition) is 1. The lowest BCUT2D eigenvalue weighted by molar-refractivity contribution is -0.115. The van der Waals surface area contributed by atoms with Gasteiger partial charge in [-0.3, -0.25) is 4.79 Å². The van der Waals surface area contributed by atoms with Gasteiger partial charge in [0.05, 0.1) is 10.9 Å². The quantitative estimate of drug-likeness (QED) is 0.349. The van der Waals surface area contributed by atoms with Crippen molar-refractivity contribution in [3.05, 3.63) is 73.1 Å². The smallest absolute Gasteiger partial charge is 0.237 e. The van der Waals surface area contributed by atoms with Crippen LogP contribution in [0.5, 0.6) is 0 Å². The number of anilines is 1. The molecule has 4 rings (SSSR count). The fraction of sp³-hybridized carbons (Fsp3) is 0.261. The van der Waals surface area contributed by atoms with Gasteiger partial charge in [-0.05, 0) is 44.0 Å². The molecule has 5 nitrogen and oxygen atoms in total. The van der Waals surface area contributed by atoms with E-state index in [2.05, 4.69) is 38.8 Å². The zero-order chi connectivity index (χ0) is 20.9. The number of nitrogens with zero attached hydrogens (tertiary/aromatic N) is 3. The Morgan fingerprint density at radius 2 is 1.93 bits per heavy atom. The molecule has 30 heavy (non-hydrogen) atoms. The maximum Gasteiger partial charge on any atom is 0.237 e. The first kappa shape index (κ1) is 20.8. The zero-order valence-electron chi connectivity index (χ0n) is 16.8. The van der Waals surface area contributed by atoms with Crippen molar-refractivity contribution in [2.75, 3.05) is 5.32 Å². The minimum Gasteiger partial charge on any atom is -0.324 e. The molecule has 0 saturated heterocycles. The molecule has 1 amide bonds. The van der Waals surface area contributed by atoms with E-state index in [9.17, 15) is 4.79 Å². The highest BCUT2D eigenvalue weighted by Gasteiger charge is 2.31. The molecule has 1 N–H and O–H groups in total. The number of carbonyl (C=O) groups is 1. The molecule has 2 aromatic carbocycles. The molecule has 0 bridgehead atoms. The van der Waals surface area contributed by atoms with Gasteiger partial charge in [-0.2, -0.15) is 0 Å². The Morgan fingerprint density at radius 3 is 2.67 bits per heavy atom. The monoisotopic (exact) mass is 436 g/mol. The van der Waals surface area contributed by atoms with E-state index in [1.165, 1.54) is 11.8 Å². The maximum atomic E-state index is 12.9. The minimum absolute atomic E-state index is 0.0535. The summed E-state index contributed by atoms with van der Waals surface area (Å²) in [5.41, 5.74) is 0.815. The lowest BCUT2D eigenvalue weighted by Crippen LogP contribution is -2.23. The molecule has 3 aromatic rings. The maximum absolute atomic E-state index is 12.9. The van der Waals surface area contributed by atoms with Gasteiger partial charge in [0.2, 0.25) is 5.91 Å². The molecule has 0 radical (unpaired) electrons. The van der Waals surface area contributed by atoms with Gasteiger partial charge in [0, 0.05) is 22.3 Å². The van der Waals surface area contributed by atoms with Crippen molar-refractivity contribution in [2.45, 2.75) is 52.4 Å². The highest BCUT2D eigenvalue weighted by Crippen LogP contribution is 2.40. The predicted molar refractivity (Wildman–Crippen MR) is 123 cm³/mol. The number of amides is 1. The molecule has 1 aliphatic rings. The van der Waals surface area contributed by atoms with Crippen molar-refractivity contribution < 1.29 is 4.79 Å². The Balaban J connectivity index is 1.45. The molecule has 154 valence electrons. The van der Waals surface area contributed by atoms with Gasteiger partial charge < -0.3 is 9.88 Å². The average molecular weight is 437 g/mol. The number of allylic oxidation sites excluding steroid dienone is 1. The van der Waals surface area contributed by atoms with Crippen LogP contribution in [0.3, 0.4) is 0 Å². The van der Waals surface area contributed by atoms with Crippen LogP contribution in [-0.2, 0) is 11.3 Å². The van der Waals surface area contributed by atoms with E-state index in [-0.39, 0.29) is 11.2 Å². The zero-order valence-corrected chi connectivity index (χ0v) is 18.5. The molecule has 7 heteroatoms. The van der Waals surface area contributed by atoms with Crippen molar-refractivity contribution in [2.24, 2.45) is 0 Å². The highest BCUT2D eigenvalue weighted by atomic mass is 32.2. The molecular formula is C23H24N4OS2. The van der Waals surface area contributed by atoms with E-state index >= 15 is 0 Å². The lowest BCUT2D eigenvalue weighted by atomic mass is 10.3. The largest absolute Gasteiger partial charge is 0.324 e. The van der Waals surface area contributed by atoms with Gasteiger partial charge in [0.15, 0.2) is 5.16 Å². The van der Waals surface area contributed by atoms with Gasteiger partial charge in [-0.15, -0.1) is 16.8 Å². The van der Waals surface area contributed by atoms with E-state index in [0.717, 1.165) is 39.3 Å². The number of benzene rings is 2. The van der Waals surface area contributed by atoms with Crippen LogP contribution in [0.15, 0.2) is 82.2 Å². The Labute approximate surface area is 185 Å². The summed E-state index contributed by atoms with van der Waals surface area (Å²) in [4.78, 5) is 15.1. The van der Waals surface area contributed by atoms with E-state index in [1.54, 1.807) is 11.8 Å². The summed E-state index contributed by atoms with van der Waals surface area (Å²) in [6, 6.07) is 18.0. The average Bonchev–Trinajstić information content (AvgIpc) is 3.53. The van der Waals surface area contributed by atoms with Crippen LogP contribution >= 0.6 is 23.5 Å². The van der Waals surface area contributed by atoms with Gasteiger partial charge in [-0.25, -0.2) is 0 Å². The molecule has 0 spiro atoms. The fourth-order valence-corrected chi connectivity index (χ4v) is 4.84. The van der Waals surface area contributed by atoms with Crippen molar-refractivity contribution >= 4 is 35.1 Å². The molecule has 1 atom stereocenters. The SMILES string of the molecule is C=CCn1c(SC(C)C(=O)Nc2ccccc2Sc2ccccc2)nnc1C1CC1. The van der Waals surface area contributed by atoms with E-state index in [4.69, 9.17) is 0 Å². The topological polar surface area (TPSA) is 59.8 Å². The van der Waals surface area contributed by atoms with E-state index in [0.29, 0.717) is 12.5 Å². The van der Waals surface area contributed by atoms with Gasteiger partial charge in [0.1, 0.15) is 5.82 Å². The minimum atomic E-state index is -0.306. The first-order chi connectivity index (χ1) is 14.7. The second kappa shape index (κ2) is 9.53. The van der Waals surface area contributed by atoms with E-state index in [1.807, 2.05) is 55.5 Å². The van der Waals surface area contributed by atoms with Crippen LogP contribution in [0.25, 0.3) is 0 Å². The Hall–Kier alpha value is -2.51. The Morgan fingerprint density at radius 1 is 1.20 bits per heavy atom. The number of rotatable bonds is 9. The van der Waals surface area contributed by atoms with Crippen LogP contribution in [0.4, 0.5) is 5.69 Å². The van der Waals surface area contributed by atoms with Crippen molar-refractivity contribution in [1.82, 2.24) is 14.8 Å². The van der Waals surface area contributed by atoms with Gasteiger partial charge in [0.25, 0.3) is 0 Å². The summed E-state index contributed by atoms with van der Waals surface area (Å²) in [7, 11) is 0. The standard InChI is InChI=1S/C23H24N4OS2/c1-3-15-27-21(17-13-14-17)25-26-23(27)29-16(2)22(28)24-19-11-7-8-12-20(19)30-18-9-5-4-6-10-18/h3-12,16-17H,1,13-15H2,2H3,(H,24,28). The second-order valence-corrected chi connectivity index (χ2v) is 9.60. The molecule has 1 fully saturated rings. The second-order valence-electron chi connectivity index (χ2n) is 7.17. The number of aromatic nitrogens is 3. The Bertz CT molecular complexity index is 1030. The molecule has 1 aliphatic carbocycles. The van der Waals surface area contributed by atoms with Gasteiger partial charge in [-0.1, -0.05) is 59.9 Å². The summed E-state index contributed by atoms with van der Waals surface area (Å²) >= 11 is 3.07. The van der Waals surface area contributed by atoms with Crippen LogP contribution in [-0.4, -0.2) is 25.9 Å². The summed E-state index contributed by atoms with van der Waals surface area (Å²) in [6.07, 6.45) is 4.17. The normalized spacial score (nSPS) is 14.3. The third-order valence-corrected chi connectivity index (χ3v) is 6.93. The summed E-state index contributed by atoms with van der Waals surface area (Å²) in [6.45, 7) is 6.40. The third-order valence-electron chi connectivity index (χ3n) is 4.77. The molecule has 0 aliphatic heterocycles. The number of carbonyl (C=O) groups excluding carboxylic acids is 1. The third kappa shape index (κ3) is 4.96. The summed E-state index contributed by atoms with van der Waals surface area (Å²) in [5, 5.41) is 12.3. The van der Waals surface area contributed by atoms with Crippen LogP contribution in [0.1, 0.15) is 31.5 Å². The summed E-state index contributed by atoms with van der Waals surface area (Å²) in [5.74, 6) is 1.45. The molecule has 1 heterocycles. The van der Waals surface area contributed by atoms with Gasteiger partial charge >= 0.3 is 0 Å². The predicted octanol–water partition coefficient (Wildman–Crippen LogP) is 5.61. The number of nitrogens with one attached hydrogen (secondary N) is 1. The van der Waals surface area contributed by atoms with Crippen LogP contribution < -0.4 is 5.32 Å². The fourth-order valence-electron chi connectivity index (χ4n) is 3.05. The number of para-hydroxylation sites is 1. The Kier molecular flexibility index (Phi) is 6.59. The van der Waals surface area contributed by atoms with Crippen LogP contribution in [0.2, 0.25) is 0 Å². The van der Waals surface area contributed by atoms with Crippen molar-refractivity contribution in [3.63, 3.8) is 0 Å². The van der Waals surface area contributed by atoms with Crippen LogP contribution in [0, 0.1) is 0 Å².